The lowest BCUT2D eigenvalue weighted by atomic mass is 9.96. The fraction of sp³-hybridized carbons (Fsp3) is 0.529. The first-order valence-electron chi connectivity index (χ1n) is 7.65. The van der Waals surface area contributed by atoms with E-state index in [2.05, 4.69) is 6.92 Å². The predicted molar refractivity (Wildman–Crippen MR) is 79.5 cm³/mol. The van der Waals surface area contributed by atoms with Gasteiger partial charge in [0.05, 0.1) is 24.3 Å². The molecule has 1 unspecified atom stereocenters. The van der Waals surface area contributed by atoms with Gasteiger partial charge in [-0.2, -0.15) is 0 Å². The SMILES string of the molecule is CCCC1CC=C(c2ccc(OCC)c(C(F)F)c2F)OC1. The van der Waals surface area contributed by atoms with Crippen LogP contribution in [0.3, 0.4) is 0 Å². The average molecular weight is 314 g/mol. The minimum Gasteiger partial charge on any atom is -0.493 e. The Balaban J connectivity index is 2.31. The van der Waals surface area contributed by atoms with Crippen LogP contribution >= 0.6 is 0 Å². The van der Waals surface area contributed by atoms with E-state index >= 15 is 0 Å². The van der Waals surface area contributed by atoms with Crippen molar-refractivity contribution >= 4 is 5.76 Å². The van der Waals surface area contributed by atoms with E-state index < -0.39 is 17.8 Å². The van der Waals surface area contributed by atoms with Crippen LogP contribution in [0.1, 0.15) is 50.7 Å². The van der Waals surface area contributed by atoms with Crippen molar-refractivity contribution in [1.82, 2.24) is 0 Å². The van der Waals surface area contributed by atoms with E-state index in [-0.39, 0.29) is 17.9 Å². The van der Waals surface area contributed by atoms with Gasteiger partial charge in [-0.3, -0.25) is 0 Å². The second-order valence-corrected chi connectivity index (χ2v) is 5.34. The van der Waals surface area contributed by atoms with Crippen LogP contribution in [-0.4, -0.2) is 13.2 Å². The predicted octanol–water partition coefficient (Wildman–Crippen LogP) is 5.34. The van der Waals surface area contributed by atoms with Gasteiger partial charge in [-0.15, -0.1) is 0 Å². The molecule has 0 aromatic heterocycles. The molecule has 2 rings (SSSR count). The largest absolute Gasteiger partial charge is 0.493 e. The molecule has 0 fully saturated rings. The Kier molecular flexibility index (Phi) is 5.75. The highest BCUT2D eigenvalue weighted by Crippen LogP contribution is 2.37. The number of hydrogen-bond acceptors (Lipinski definition) is 2. The number of halogens is 3. The van der Waals surface area contributed by atoms with Gasteiger partial charge in [-0.05, 0) is 43.9 Å². The van der Waals surface area contributed by atoms with Crippen molar-refractivity contribution in [3.8, 4) is 5.75 Å². The molecule has 0 saturated heterocycles. The zero-order valence-electron chi connectivity index (χ0n) is 12.9. The molecule has 0 aliphatic carbocycles. The summed E-state index contributed by atoms with van der Waals surface area (Å²) in [5, 5.41) is 0. The Bertz CT molecular complexity index is 541. The maximum Gasteiger partial charge on any atom is 0.270 e. The van der Waals surface area contributed by atoms with Crippen LogP contribution in [0, 0.1) is 11.7 Å². The molecular weight excluding hydrogens is 293 g/mol. The third-order valence-electron chi connectivity index (χ3n) is 3.73. The van der Waals surface area contributed by atoms with Crippen LogP contribution in [0.15, 0.2) is 18.2 Å². The normalized spacial score (nSPS) is 18.1. The molecule has 0 amide bonds. The van der Waals surface area contributed by atoms with Crippen LogP contribution in [0.2, 0.25) is 0 Å². The highest BCUT2D eigenvalue weighted by molar-refractivity contribution is 5.63. The Morgan fingerprint density at radius 3 is 2.64 bits per heavy atom. The molecule has 0 radical (unpaired) electrons. The minimum absolute atomic E-state index is 0.0775. The molecule has 1 aliphatic heterocycles. The molecule has 2 nitrogen and oxygen atoms in total. The zero-order chi connectivity index (χ0) is 16.1. The van der Waals surface area contributed by atoms with Gasteiger partial charge in [0.1, 0.15) is 17.3 Å². The van der Waals surface area contributed by atoms with Gasteiger partial charge in [0.15, 0.2) is 0 Å². The number of rotatable bonds is 6. The fourth-order valence-corrected chi connectivity index (χ4v) is 2.66. The van der Waals surface area contributed by atoms with Crippen LogP contribution < -0.4 is 4.74 Å². The quantitative estimate of drug-likeness (QED) is 0.705. The van der Waals surface area contributed by atoms with E-state index in [1.165, 1.54) is 12.1 Å². The fourth-order valence-electron chi connectivity index (χ4n) is 2.66. The molecule has 22 heavy (non-hydrogen) atoms. The average Bonchev–Trinajstić information content (AvgIpc) is 2.49. The Morgan fingerprint density at radius 1 is 1.32 bits per heavy atom. The van der Waals surface area contributed by atoms with Crippen molar-refractivity contribution in [2.24, 2.45) is 5.92 Å². The standard InChI is InChI=1S/C17H21F3O2/c1-3-5-11-6-8-13(22-10-11)12-7-9-14(21-4-2)15(16(12)18)17(19)20/h7-9,11,17H,3-6,10H2,1-2H3. The van der Waals surface area contributed by atoms with Crippen molar-refractivity contribution in [3.63, 3.8) is 0 Å². The minimum atomic E-state index is -2.93. The molecular formula is C17H21F3O2. The second kappa shape index (κ2) is 7.56. The van der Waals surface area contributed by atoms with E-state index in [0.717, 1.165) is 19.3 Å². The smallest absolute Gasteiger partial charge is 0.270 e. The first-order chi connectivity index (χ1) is 10.6. The second-order valence-electron chi connectivity index (χ2n) is 5.34. The number of benzene rings is 1. The molecule has 1 aliphatic rings. The summed E-state index contributed by atoms with van der Waals surface area (Å²) in [6.07, 6.45) is 1.73. The summed E-state index contributed by atoms with van der Waals surface area (Å²) in [5.41, 5.74) is -0.617. The lowest BCUT2D eigenvalue weighted by Crippen LogP contribution is -2.14. The van der Waals surface area contributed by atoms with E-state index in [1.807, 2.05) is 0 Å². The summed E-state index contributed by atoms with van der Waals surface area (Å²) < 4.78 is 51.4. The van der Waals surface area contributed by atoms with Gasteiger partial charge in [0.2, 0.25) is 0 Å². The lowest BCUT2D eigenvalue weighted by Gasteiger charge is -2.24. The van der Waals surface area contributed by atoms with E-state index in [1.54, 1.807) is 13.0 Å². The summed E-state index contributed by atoms with van der Waals surface area (Å²) in [6, 6.07) is 2.82. The van der Waals surface area contributed by atoms with Gasteiger partial charge >= 0.3 is 0 Å². The summed E-state index contributed by atoms with van der Waals surface area (Å²) in [7, 11) is 0. The van der Waals surface area contributed by atoms with Gasteiger partial charge in [0, 0.05) is 0 Å². The highest BCUT2D eigenvalue weighted by atomic mass is 19.3. The topological polar surface area (TPSA) is 18.5 Å². The molecule has 5 heteroatoms. The Labute approximate surface area is 128 Å². The molecule has 0 saturated carbocycles. The summed E-state index contributed by atoms with van der Waals surface area (Å²) >= 11 is 0. The van der Waals surface area contributed by atoms with Crippen LogP contribution in [0.25, 0.3) is 5.76 Å². The zero-order valence-corrected chi connectivity index (χ0v) is 12.9. The van der Waals surface area contributed by atoms with Crippen LogP contribution in [0.4, 0.5) is 13.2 Å². The Morgan fingerprint density at radius 2 is 2.09 bits per heavy atom. The van der Waals surface area contributed by atoms with Crippen molar-refractivity contribution in [2.45, 2.75) is 39.5 Å². The first kappa shape index (κ1) is 16.7. The number of hydrogen-bond donors (Lipinski definition) is 0. The third-order valence-corrected chi connectivity index (χ3v) is 3.73. The molecule has 0 bridgehead atoms. The number of alkyl halides is 2. The molecule has 1 heterocycles. The summed E-state index contributed by atoms with van der Waals surface area (Å²) in [5.74, 6) is -0.316. The Hall–Kier alpha value is -1.65. The molecule has 122 valence electrons. The maximum atomic E-state index is 14.5. The molecule has 1 aromatic rings. The maximum absolute atomic E-state index is 14.5. The van der Waals surface area contributed by atoms with E-state index in [9.17, 15) is 13.2 Å². The van der Waals surface area contributed by atoms with Gasteiger partial charge < -0.3 is 9.47 Å². The first-order valence-corrected chi connectivity index (χ1v) is 7.65. The lowest BCUT2D eigenvalue weighted by molar-refractivity contribution is 0.139. The van der Waals surface area contributed by atoms with Crippen LogP contribution in [0.5, 0.6) is 5.75 Å². The number of ether oxygens (including phenoxy) is 2. The summed E-state index contributed by atoms with van der Waals surface area (Å²) in [6.45, 7) is 4.47. The van der Waals surface area contributed by atoms with Crippen molar-refractivity contribution in [3.05, 3.63) is 35.2 Å². The third kappa shape index (κ3) is 3.57. The number of allylic oxidation sites excluding steroid dienone is 1. The molecule has 1 atom stereocenters. The monoisotopic (exact) mass is 314 g/mol. The van der Waals surface area contributed by atoms with Gasteiger partial charge in [-0.1, -0.05) is 13.3 Å². The molecule has 0 N–H and O–H groups in total. The summed E-state index contributed by atoms with van der Waals surface area (Å²) in [4.78, 5) is 0. The van der Waals surface area contributed by atoms with Gasteiger partial charge in [0.25, 0.3) is 6.43 Å². The van der Waals surface area contributed by atoms with Crippen molar-refractivity contribution in [2.75, 3.05) is 13.2 Å². The van der Waals surface area contributed by atoms with E-state index in [4.69, 9.17) is 9.47 Å². The van der Waals surface area contributed by atoms with Crippen molar-refractivity contribution in [1.29, 1.82) is 0 Å². The van der Waals surface area contributed by atoms with E-state index in [0.29, 0.717) is 18.3 Å². The van der Waals surface area contributed by atoms with Crippen LogP contribution in [-0.2, 0) is 4.74 Å². The molecule has 1 aromatic carbocycles. The molecule has 0 spiro atoms. The van der Waals surface area contributed by atoms with Gasteiger partial charge in [-0.25, -0.2) is 13.2 Å². The highest BCUT2D eigenvalue weighted by Gasteiger charge is 2.26. The van der Waals surface area contributed by atoms with Crippen molar-refractivity contribution < 1.29 is 22.6 Å².